The van der Waals surface area contributed by atoms with Gasteiger partial charge in [-0.2, -0.15) is 0 Å². The van der Waals surface area contributed by atoms with Crippen molar-refractivity contribution in [1.29, 1.82) is 0 Å². The monoisotopic (exact) mass is 163 g/mol. The number of nitrogens with one attached hydrogen (secondary N) is 1. The molecule has 0 fully saturated rings. The first kappa shape index (κ1) is 7.50. The molecule has 12 heavy (non-hydrogen) atoms. The Morgan fingerprint density at radius 2 is 2.25 bits per heavy atom. The van der Waals surface area contributed by atoms with Crippen LogP contribution in [-0.2, 0) is 0 Å². The molecular weight excluding hydrogens is 153 g/mol. The highest BCUT2D eigenvalue weighted by Crippen LogP contribution is 2.16. The van der Waals surface area contributed by atoms with Gasteiger partial charge >= 0.3 is 0 Å². The third kappa shape index (κ3) is 1.38. The van der Waals surface area contributed by atoms with Crippen molar-refractivity contribution in [3.8, 4) is 0 Å². The van der Waals surface area contributed by atoms with Crippen LogP contribution in [0.25, 0.3) is 5.57 Å². The molecule has 0 saturated heterocycles. The summed E-state index contributed by atoms with van der Waals surface area (Å²) in [6, 6.07) is 6.71. The predicted molar refractivity (Wildman–Crippen MR) is 47.2 cm³/mol. The Morgan fingerprint density at radius 1 is 1.33 bits per heavy atom. The molecule has 0 unspecified atom stereocenters. The Morgan fingerprint density at radius 3 is 2.92 bits per heavy atom. The van der Waals surface area contributed by atoms with Crippen LogP contribution in [0.5, 0.6) is 0 Å². The van der Waals surface area contributed by atoms with Gasteiger partial charge in [0, 0.05) is 13.1 Å². The van der Waals surface area contributed by atoms with Crippen LogP contribution >= 0.6 is 0 Å². The molecule has 1 aromatic rings. The van der Waals surface area contributed by atoms with Crippen molar-refractivity contribution in [3.63, 3.8) is 0 Å². The molecule has 0 saturated carbocycles. The van der Waals surface area contributed by atoms with Crippen LogP contribution in [0.2, 0.25) is 0 Å². The van der Waals surface area contributed by atoms with Gasteiger partial charge in [0.15, 0.2) is 0 Å². The average Bonchev–Trinajstić information content (AvgIpc) is 2.56. The van der Waals surface area contributed by atoms with Crippen molar-refractivity contribution in [2.75, 3.05) is 13.1 Å². The molecule has 2 rings (SSSR count). The Kier molecular flexibility index (Phi) is 1.92. The van der Waals surface area contributed by atoms with Crippen molar-refractivity contribution >= 4 is 5.57 Å². The van der Waals surface area contributed by atoms with Gasteiger partial charge in [0.1, 0.15) is 5.82 Å². The standard InChI is InChI=1S/C10H10FN/c11-10-3-1-2-8(6-10)9-4-5-12-7-9/h1-4,6,12H,5,7H2. The predicted octanol–water partition coefficient (Wildman–Crippen LogP) is 1.81. The summed E-state index contributed by atoms with van der Waals surface area (Å²) >= 11 is 0. The minimum atomic E-state index is -0.166. The summed E-state index contributed by atoms with van der Waals surface area (Å²) in [5.74, 6) is -0.166. The lowest BCUT2D eigenvalue weighted by atomic mass is 10.1. The molecule has 0 bridgehead atoms. The van der Waals surface area contributed by atoms with Crippen molar-refractivity contribution in [2.45, 2.75) is 0 Å². The van der Waals surface area contributed by atoms with E-state index in [1.807, 2.05) is 6.07 Å². The van der Waals surface area contributed by atoms with E-state index in [4.69, 9.17) is 0 Å². The van der Waals surface area contributed by atoms with E-state index in [9.17, 15) is 4.39 Å². The van der Waals surface area contributed by atoms with Gasteiger partial charge < -0.3 is 5.32 Å². The highest BCUT2D eigenvalue weighted by atomic mass is 19.1. The van der Waals surface area contributed by atoms with E-state index in [-0.39, 0.29) is 5.82 Å². The summed E-state index contributed by atoms with van der Waals surface area (Å²) in [6.45, 7) is 1.75. The number of benzene rings is 1. The van der Waals surface area contributed by atoms with E-state index in [1.165, 1.54) is 11.6 Å². The molecule has 62 valence electrons. The summed E-state index contributed by atoms with van der Waals surface area (Å²) in [4.78, 5) is 0. The van der Waals surface area contributed by atoms with E-state index >= 15 is 0 Å². The quantitative estimate of drug-likeness (QED) is 0.665. The van der Waals surface area contributed by atoms with Crippen LogP contribution in [0.15, 0.2) is 30.3 Å². The maximum Gasteiger partial charge on any atom is 0.123 e. The first-order chi connectivity index (χ1) is 5.86. The molecule has 0 amide bonds. The Labute approximate surface area is 70.9 Å². The molecule has 2 heteroatoms. The maximum atomic E-state index is 12.8. The number of halogens is 1. The Hall–Kier alpha value is -1.15. The molecule has 1 aliphatic heterocycles. The fraction of sp³-hybridized carbons (Fsp3) is 0.200. The van der Waals surface area contributed by atoms with Crippen LogP contribution in [0, 0.1) is 5.82 Å². The van der Waals surface area contributed by atoms with Gasteiger partial charge in [-0.15, -0.1) is 0 Å². The lowest BCUT2D eigenvalue weighted by Crippen LogP contribution is -2.07. The lowest BCUT2D eigenvalue weighted by Gasteiger charge is -2.00. The highest BCUT2D eigenvalue weighted by molar-refractivity contribution is 5.68. The third-order valence-electron chi connectivity index (χ3n) is 2.00. The molecule has 1 aromatic carbocycles. The highest BCUT2D eigenvalue weighted by Gasteiger charge is 2.05. The summed E-state index contributed by atoms with van der Waals surface area (Å²) in [5.41, 5.74) is 2.18. The van der Waals surface area contributed by atoms with Crippen molar-refractivity contribution in [3.05, 3.63) is 41.7 Å². The van der Waals surface area contributed by atoms with Crippen molar-refractivity contribution in [1.82, 2.24) is 5.32 Å². The SMILES string of the molecule is Fc1cccc(C2=CCNC2)c1. The van der Waals surface area contributed by atoms with Gasteiger partial charge in [0.05, 0.1) is 0 Å². The fourth-order valence-electron chi connectivity index (χ4n) is 1.38. The van der Waals surface area contributed by atoms with Crippen molar-refractivity contribution in [2.24, 2.45) is 0 Å². The lowest BCUT2D eigenvalue weighted by molar-refractivity contribution is 0.627. The van der Waals surface area contributed by atoms with Gasteiger partial charge in [0.25, 0.3) is 0 Å². The maximum absolute atomic E-state index is 12.8. The third-order valence-corrected chi connectivity index (χ3v) is 2.00. The number of hydrogen-bond acceptors (Lipinski definition) is 1. The zero-order valence-electron chi connectivity index (χ0n) is 6.68. The second-order valence-corrected chi connectivity index (χ2v) is 2.87. The molecule has 0 atom stereocenters. The average molecular weight is 163 g/mol. The molecule has 0 spiro atoms. The molecule has 1 nitrogen and oxygen atoms in total. The molecule has 1 N–H and O–H groups in total. The summed E-state index contributed by atoms with van der Waals surface area (Å²) in [5, 5.41) is 3.18. The molecule has 1 aliphatic rings. The molecular formula is C10H10FN. The van der Waals surface area contributed by atoms with Gasteiger partial charge in [0.2, 0.25) is 0 Å². The zero-order valence-corrected chi connectivity index (χ0v) is 6.68. The van der Waals surface area contributed by atoms with Gasteiger partial charge in [-0.05, 0) is 23.3 Å². The molecule has 0 aliphatic carbocycles. The first-order valence-electron chi connectivity index (χ1n) is 4.02. The van der Waals surface area contributed by atoms with Crippen molar-refractivity contribution < 1.29 is 4.39 Å². The molecule has 1 heterocycles. The first-order valence-corrected chi connectivity index (χ1v) is 4.02. The number of rotatable bonds is 1. The molecule has 0 radical (unpaired) electrons. The minimum Gasteiger partial charge on any atom is -0.309 e. The fourth-order valence-corrected chi connectivity index (χ4v) is 1.38. The van der Waals surface area contributed by atoms with Crippen LogP contribution in [-0.4, -0.2) is 13.1 Å². The van der Waals surface area contributed by atoms with Crippen LogP contribution in [0.3, 0.4) is 0 Å². The Bertz CT molecular complexity index is 317. The van der Waals surface area contributed by atoms with Gasteiger partial charge in [-0.25, -0.2) is 4.39 Å². The summed E-state index contributed by atoms with van der Waals surface area (Å²) in [7, 11) is 0. The smallest absolute Gasteiger partial charge is 0.123 e. The van der Waals surface area contributed by atoms with E-state index in [0.29, 0.717) is 0 Å². The second-order valence-electron chi connectivity index (χ2n) is 2.87. The number of hydrogen-bond donors (Lipinski definition) is 1. The topological polar surface area (TPSA) is 12.0 Å². The van der Waals surface area contributed by atoms with E-state index in [1.54, 1.807) is 12.1 Å². The van der Waals surface area contributed by atoms with E-state index in [2.05, 4.69) is 11.4 Å². The van der Waals surface area contributed by atoms with Crippen LogP contribution in [0.1, 0.15) is 5.56 Å². The normalized spacial score (nSPS) is 16.2. The summed E-state index contributed by atoms with van der Waals surface area (Å²) < 4.78 is 12.8. The minimum absolute atomic E-state index is 0.166. The van der Waals surface area contributed by atoms with Gasteiger partial charge in [-0.1, -0.05) is 18.2 Å². The molecule has 0 aromatic heterocycles. The zero-order chi connectivity index (χ0) is 8.39. The van der Waals surface area contributed by atoms with E-state index < -0.39 is 0 Å². The van der Waals surface area contributed by atoms with Crippen LogP contribution < -0.4 is 5.32 Å². The van der Waals surface area contributed by atoms with Gasteiger partial charge in [-0.3, -0.25) is 0 Å². The largest absolute Gasteiger partial charge is 0.309 e. The second kappa shape index (κ2) is 3.07. The van der Waals surface area contributed by atoms with E-state index in [0.717, 1.165) is 18.7 Å². The van der Waals surface area contributed by atoms with Crippen LogP contribution in [0.4, 0.5) is 4.39 Å². The Balaban J connectivity index is 2.33. The summed E-state index contributed by atoms with van der Waals surface area (Å²) in [6.07, 6.45) is 2.09.